The first-order valence-electron chi connectivity index (χ1n) is 7.49. The molecule has 0 spiro atoms. The molecule has 2 aromatic rings. The lowest BCUT2D eigenvalue weighted by Gasteiger charge is -2.26. The van der Waals surface area contributed by atoms with Crippen LogP contribution in [0.1, 0.15) is 17.0 Å². The lowest BCUT2D eigenvalue weighted by atomic mass is 10.1. The summed E-state index contributed by atoms with van der Waals surface area (Å²) in [5.74, 6) is -1.31. The number of urea groups is 1. The highest BCUT2D eigenvalue weighted by Gasteiger charge is 2.36. The van der Waals surface area contributed by atoms with Crippen molar-refractivity contribution in [2.75, 3.05) is 4.90 Å². The summed E-state index contributed by atoms with van der Waals surface area (Å²) < 4.78 is 1.97. The zero-order valence-electron chi connectivity index (χ0n) is 13.7. The Morgan fingerprint density at radius 1 is 1.04 bits per heavy atom. The third kappa shape index (κ3) is 2.52. The third-order valence-electron chi connectivity index (χ3n) is 4.23. The molecular formula is C18H17N3O3. The van der Waals surface area contributed by atoms with Gasteiger partial charge in [0.1, 0.15) is 5.57 Å². The fourth-order valence-electron chi connectivity index (χ4n) is 2.66. The summed E-state index contributed by atoms with van der Waals surface area (Å²) in [6.45, 7) is 3.85. The summed E-state index contributed by atoms with van der Waals surface area (Å²) in [6, 6.07) is 9.67. The average molecular weight is 323 g/mol. The van der Waals surface area contributed by atoms with E-state index in [1.165, 1.54) is 6.08 Å². The SMILES string of the molecule is Cc1cc(/C=C2\C(=O)NC(=O)N(c3ccccc3)C2=O)c(C)n1C. The molecule has 4 amide bonds. The Balaban J connectivity index is 2.06. The molecule has 1 aromatic carbocycles. The first-order chi connectivity index (χ1) is 11.4. The summed E-state index contributed by atoms with van der Waals surface area (Å²) in [7, 11) is 1.91. The zero-order chi connectivity index (χ0) is 17.4. The van der Waals surface area contributed by atoms with Crippen LogP contribution in [0.3, 0.4) is 0 Å². The minimum Gasteiger partial charge on any atom is -0.352 e. The number of benzene rings is 1. The van der Waals surface area contributed by atoms with Crippen LogP contribution < -0.4 is 10.2 Å². The first kappa shape index (κ1) is 15.7. The van der Waals surface area contributed by atoms with E-state index in [1.807, 2.05) is 31.5 Å². The summed E-state index contributed by atoms with van der Waals surface area (Å²) in [4.78, 5) is 37.9. The van der Waals surface area contributed by atoms with Crippen molar-refractivity contribution in [1.29, 1.82) is 0 Å². The Morgan fingerprint density at radius 3 is 2.29 bits per heavy atom. The molecule has 0 radical (unpaired) electrons. The van der Waals surface area contributed by atoms with Crippen molar-refractivity contribution in [3.63, 3.8) is 0 Å². The molecule has 122 valence electrons. The second kappa shape index (κ2) is 5.81. The van der Waals surface area contributed by atoms with Crippen LogP contribution in [-0.4, -0.2) is 22.4 Å². The molecule has 6 heteroatoms. The van der Waals surface area contributed by atoms with E-state index in [1.54, 1.807) is 30.3 Å². The Kier molecular flexibility index (Phi) is 3.81. The molecule has 0 saturated carbocycles. The van der Waals surface area contributed by atoms with E-state index >= 15 is 0 Å². The number of hydrogen-bond acceptors (Lipinski definition) is 3. The monoisotopic (exact) mass is 323 g/mol. The van der Waals surface area contributed by atoms with Crippen LogP contribution in [0, 0.1) is 13.8 Å². The van der Waals surface area contributed by atoms with Gasteiger partial charge in [-0.15, -0.1) is 0 Å². The summed E-state index contributed by atoms with van der Waals surface area (Å²) in [5.41, 5.74) is 3.07. The second-order valence-corrected chi connectivity index (χ2v) is 5.68. The highest BCUT2D eigenvalue weighted by Crippen LogP contribution is 2.23. The summed E-state index contributed by atoms with van der Waals surface area (Å²) in [5, 5.41) is 2.22. The van der Waals surface area contributed by atoms with Gasteiger partial charge in [-0.05, 0) is 43.7 Å². The van der Waals surface area contributed by atoms with Gasteiger partial charge in [0.2, 0.25) is 0 Å². The number of carbonyl (C=O) groups is 3. The van der Waals surface area contributed by atoms with E-state index in [9.17, 15) is 14.4 Å². The van der Waals surface area contributed by atoms with Gasteiger partial charge in [-0.1, -0.05) is 18.2 Å². The number of nitrogens with zero attached hydrogens (tertiary/aromatic N) is 2. The maximum atomic E-state index is 12.7. The van der Waals surface area contributed by atoms with Crippen molar-refractivity contribution in [2.45, 2.75) is 13.8 Å². The number of aryl methyl sites for hydroxylation is 1. The molecular weight excluding hydrogens is 306 g/mol. The number of amides is 4. The highest BCUT2D eigenvalue weighted by atomic mass is 16.2. The topological polar surface area (TPSA) is 71.4 Å². The number of aromatic nitrogens is 1. The Hall–Kier alpha value is -3.15. The van der Waals surface area contributed by atoms with Gasteiger partial charge in [-0.25, -0.2) is 9.69 Å². The predicted octanol–water partition coefficient (Wildman–Crippen LogP) is 2.31. The molecule has 2 heterocycles. The van der Waals surface area contributed by atoms with Crippen molar-refractivity contribution >= 4 is 29.6 Å². The van der Waals surface area contributed by atoms with Crippen molar-refractivity contribution in [2.24, 2.45) is 7.05 Å². The molecule has 1 aliphatic heterocycles. The minimum atomic E-state index is -0.741. The number of para-hydroxylation sites is 1. The Labute approximate surface area is 139 Å². The van der Waals surface area contributed by atoms with E-state index in [2.05, 4.69) is 5.32 Å². The van der Waals surface area contributed by atoms with Gasteiger partial charge in [-0.2, -0.15) is 0 Å². The lowest BCUT2D eigenvalue weighted by molar-refractivity contribution is -0.122. The molecule has 1 fully saturated rings. The van der Waals surface area contributed by atoms with Gasteiger partial charge in [0, 0.05) is 18.4 Å². The largest absolute Gasteiger partial charge is 0.352 e. The van der Waals surface area contributed by atoms with E-state index in [0.29, 0.717) is 5.69 Å². The van der Waals surface area contributed by atoms with E-state index in [4.69, 9.17) is 0 Å². The number of rotatable bonds is 2. The van der Waals surface area contributed by atoms with Gasteiger partial charge in [0.15, 0.2) is 0 Å². The van der Waals surface area contributed by atoms with Gasteiger partial charge >= 0.3 is 6.03 Å². The van der Waals surface area contributed by atoms with E-state index in [-0.39, 0.29) is 5.57 Å². The normalized spacial score (nSPS) is 16.7. The van der Waals surface area contributed by atoms with Crippen molar-refractivity contribution in [1.82, 2.24) is 9.88 Å². The molecule has 0 bridgehead atoms. The second-order valence-electron chi connectivity index (χ2n) is 5.68. The van der Waals surface area contributed by atoms with Crippen molar-refractivity contribution < 1.29 is 14.4 Å². The Bertz CT molecular complexity index is 878. The molecule has 3 rings (SSSR count). The first-order valence-corrected chi connectivity index (χ1v) is 7.49. The number of anilines is 1. The quantitative estimate of drug-likeness (QED) is 0.681. The molecule has 0 unspecified atom stereocenters. The highest BCUT2D eigenvalue weighted by molar-refractivity contribution is 6.39. The molecule has 6 nitrogen and oxygen atoms in total. The predicted molar refractivity (Wildman–Crippen MR) is 90.3 cm³/mol. The van der Waals surface area contributed by atoms with Gasteiger partial charge in [0.05, 0.1) is 5.69 Å². The number of imide groups is 2. The molecule has 1 saturated heterocycles. The number of carbonyl (C=O) groups excluding carboxylic acids is 3. The van der Waals surface area contributed by atoms with Crippen LogP contribution >= 0.6 is 0 Å². The maximum Gasteiger partial charge on any atom is 0.335 e. The maximum absolute atomic E-state index is 12.7. The van der Waals surface area contributed by atoms with Gasteiger partial charge in [0.25, 0.3) is 11.8 Å². The zero-order valence-corrected chi connectivity index (χ0v) is 13.7. The summed E-state index contributed by atoms with van der Waals surface area (Å²) >= 11 is 0. The van der Waals surface area contributed by atoms with Crippen LogP contribution in [-0.2, 0) is 16.6 Å². The van der Waals surface area contributed by atoms with Crippen LogP contribution in [0.5, 0.6) is 0 Å². The number of barbiturate groups is 1. The molecule has 1 aromatic heterocycles. The van der Waals surface area contributed by atoms with E-state index < -0.39 is 17.8 Å². The van der Waals surface area contributed by atoms with Crippen molar-refractivity contribution in [3.8, 4) is 0 Å². The lowest BCUT2D eigenvalue weighted by Crippen LogP contribution is -2.54. The van der Waals surface area contributed by atoms with Crippen LogP contribution in [0.25, 0.3) is 6.08 Å². The number of hydrogen-bond donors (Lipinski definition) is 1. The smallest absolute Gasteiger partial charge is 0.335 e. The average Bonchev–Trinajstić information content (AvgIpc) is 2.79. The van der Waals surface area contributed by atoms with Crippen LogP contribution in [0.4, 0.5) is 10.5 Å². The third-order valence-corrected chi connectivity index (χ3v) is 4.23. The van der Waals surface area contributed by atoms with Crippen LogP contribution in [0.2, 0.25) is 0 Å². The molecule has 1 N–H and O–H groups in total. The fraction of sp³-hybridized carbons (Fsp3) is 0.167. The van der Waals surface area contributed by atoms with E-state index in [0.717, 1.165) is 21.9 Å². The fourth-order valence-corrected chi connectivity index (χ4v) is 2.66. The van der Waals surface area contributed by atoms with Gasteiger partial charge < -0.3 is 4.57 Å². The number of nitrogens with one attached hydrogen (secondary N) is 1. The van der Waals surface area contributed by atoms with Crippen molar-refractivity contribution in [3.05, 3.63) is 58.9 Å². The standard InChI is InChI=1S/C18H17N3O3/c1-11-9-13(12(2)20(11)3)10-15-16(22)19-18(24)21(17(15)23)14-7-5-4-6-8-14/h4-10H,1-3H3,(H,19,22,24)/b15-10+. The molecule has 1 aliphatic rings. The molecule has 24 heavy (non-hydrogen) atoms. The van der Waals surface area contributed by atoms with Gasteiger partial charge in [-0.3, -0.25) is 14.9 Å². The summed E-state index contributed by atoms with van der Waals surface area (Å²) in [6.07, 6.45) is 1.53. The Morgan fingerprint density at radius 2 is 1.71 bits per heavy atom. The molecule has 0 atom stereocenters. The van der Waals surface area contributed by atoms with Crippen LogP contribution in [0.15, 0.2) is 42.0 Å². The molecule has 0 aliphatic carbocycles. The minimum absolute atomic E-state index is 0.0628.